The van der Waals surface area contributed by atoms with Crippen LogP contribution >= 0.6 is 15.9 Å². The van der Waals surface area contributed by atoms with Gasteiger partial charge in [-0.3, -0.25) is 4.98 Å². The zero-order valence-electron chi connectivity index (χ0n) is 8.03. The van der Waals surface area contributed by atoms with Crippen molar-refractivity contribution in [2.45, 2.75) is 0 Å². The molecule has 2 rings (SSSR count). The van der Waals surface area contributed by atoms with Crippen molar-refractivity contribution in [1.29, 1.82) is 0 Å². The predicted molar refractivity (Wildman–Crippen MR) is 60.8 cm³/mol. The second-order valence-corrected chi connectivity index (χ2v) is 3.97. The lowest BCUT2D eigenvalue weighted by atomic mass is 10.1. The maximum atomic E-state index is 11.3. The number of methoxy groups -OCH3 is 1. The molecular weight excluding hydrogens is 258 g/mol. The lowest BCUT2D eigenvalue weighted by Gasteiger charge is -2.01. The second-order valence-electron chi connectivity index (χ2n) is 3.05. The molecule has 0 fully saturated rings. The Morgan fingerprint density at radius 1 is 1.40 bits per heavy atom. The lowest BCUT2D eigenvalue weighted by Crippen LogP contribution is -2.01. The SMILES string of the molecule is COC(=O)c1cnc2ccc(Br)cc2c1. The minimum atomic E-state index is -0.371. The van der Waals surface area contributed by atoms with Gasteiger partial charge in [-0.05, 0) is 24.3 Å². The van der Waals surface area contributed by atoms with Crippen molar-refractivity contribution in [2.75, 3.05) is 7.11 Å². The van der Waals surface area contributed by atoms with Crippen LogP contribution in [0.3, 0.4) is 0 Å². The minimum Gasteiger partial charge on any atom is -0.465 e. The van der Waals surface area contributed by atoms with Crippen LogP contribution in [0.15, 0.2) is 34.9 Å². The largest absolute Gasteiger partial charge is 0.465 e. The summed E-state index contributed by atoms with van der Waals surface area (Å²) in [5.74, 6) is -0.371. The number of pyridine rings is 1. The second kappa shape index (κ2) is 3.98. The number of hydrogen-bond donors (Lipinski definition) is 0. The fourth-order valence-electron chi connectivity index (χ4n) is 1.33. The van der Waals surface area contributed by atoms with Crippen molar-refractivity contribution in [2.24, 2.45) is 0 Å². The molecule has 0 N–H and O–H groups in total. The van der Waals surface area contributed by atoms with E-state index < -0.39 is 0 Å². The summed E-state index contributed by atoms with van der Waals surface area (Å²) in [6, 6.07) is 7.47. The first-order valence-electron chi connectivity index (χ1n) is 4.34. The molecule has 1 aromatic carbocycles. The summed E-state index contributed by atoms with van der Waals surface area (Å²) < 4.78 is 5.58. The van der Waals surface area contributed by atoms with E-state index in [2.05, 4.69) is 25.7 Å². The van der Waals surface area contributed by atoms with Crippen molar-refractivity contribution in [1.82, 2.24) is 4.98 Å². The molecule has 3 nitrogen and oxygen atoms in total. The molecule has 0 saturated heterocycles. The number of fused-ring (bicyclic) bond motifs is 1. The van der Waals surface area contributed by atoms with Crippen molar-refractivity contribution in [3.63, 3.8) is 0 Å². The number of halogens is 1. The predicted octanol–water partition coefficient (Wildman–Crippen LogP) is 2.78. The lowest BCUT2D eigenvalue weighted by molar-refractivity contribution is 0.0600. The van der Waals surface area contributed by atoms with Crippen LogP contribution in [0.25, 0.3) is 10.9 Å². The van der Waals surface area contributed by atoms with Gasteiger partial charge in [-0.25, -0.2) is 4.79 Å². The van der Waals surface area contributed by atoms with Gasteiger partial charge in [-0.1, -0.05) is 15.9 Å². The van der Waals surface area contributed by atoms with E-state index in [0.29, 0.717) is 5.56 Å². The van der Waals surface area contributed by atoms with Crippen molar-refractivity contribution >= 4 is 32.8 Å². The van der Waals surface area contributed by atoms with E-state index in [4.69, 9.17) is 0 Å². The quantitative estimate of drug-likeness (QED) is 0.745. The molecular formula is C11H8BrNO2. The van der Waals surface area contributed by atoms with Gasteiger partial charge in [0, 0.05) is 16.1 Å². The van der Waals surface area contributed by atoms with Crippen molar-refractivity contribution in [3.8, 4) is 0 Å². The molecule has 4 heteroatoms. The molecule has 1 aromatic heterocycles. The topological polar surface area (TPSA) is 39.2 Å². The molecule has 0 spiro atoms. The summed E-state index contributed by atoms with van der Waals surface area (Å²) in [7, 11) is 1.35. The van der Waals surface area contributed by atoms with Crippen molar-refractivity contribution in [3.05, 3.63) is 40.5 Å². The highest BCUT2D eigenvalue weighted by molar-refractivity contribution is 9.10. The number of rotatable bonds is 1. The summed E-state index contributed by atoms with van der Waals surface area (Å²) in [4.78, 5) is 15.4. The fourth-order valence-corrected chi connectivity index (χ4v) is 1.71. The third-order valence-electron chi connectivity index (χ3n) is 2.06. The smallest absolute Gasteiger partial charge is 0.339 e. The third kappa shape index (κ3) is 1.99. The van der Waals surface area contributed by atoms with E-state index in [1.807, 2.05) is 18.2 Å². The van der Waals surface area contributed by atoms with Gasteiger partial charge in [0.05, 0.1) is 18.2 Å². The van der Waals surface area contributed by atoms with Gasteiger partial charge in [0.15, 0.2) is 0 Å². The molecule has 76 valence electrons. The molecule has 0 atom stereocenters. The Balaban J connectivity index is 2.59. The molecule has 0 aliphatic carbocycles. The number of hydrogen-bond acceptors (Lipinski definition) is 3. The van der Waals surface area contributed by atoms with Gasteiger partial charge in [0.2, 0.25) is 0 Å². The number of benzene rings is 1. The van der Waals surface area contributed by atoms with Crippen LogP contribution < -0.4 is 0 Å². The zero-order valence-corrected chi connectivity index (χ0v) is 9.61. The number of esters is 1. The van der Waals surface area contributed by atoms with Crippen molar-refractivity contribution < 1.29 is 9.53 Å². The van der Waals surface area contributed by atoms with Crippen LogP contribution in [-0.2, 0) is 4.74 Å². The van der Waals surface area contributed by atoms with E-state index in [0.717, 1.165) is 15.4 Å². The molecule has 2 aromatic rings. The highest BCUT2D eigenvalue weighted by Crippen LogP contribution is 2.19. The fraction of sp³-hybridized carbons (Fsp3) is 0.0909. The van der Waals surface area contributed by atoms with Gasteiger partial charge < -0.3 is 4.74 Å². The van der Waals surface area contributed by atoms with Crippen LogP contribution in [0.4, 0.5) is 0 Å². The van der Waals surface area contributed by atoms with E-state index in [1.165, 1.54) is 13.3 Å². The highest BCUT2D eigenvalue weighted by atomic mass is 79.9. The van der Waals surface area contributed by atoms with Crippen LogP contribution in [0.5, 0.6) is 0 Å². The Hall–Kier alpha value is -1.42. The summed E-state index contributed by atoms with van der Waals surface area (Å²) >= 11 is 3.37. The van der Waals surface area contributed by atoms with Crippen LogP contribution in [0, 0.1) is 0 Å². The molecule has 1 heterocycles. The Labute approximate surface area is 95.2 Å². The molecule has 0 unspecified atom stereocenters. The van der Waals surface area contributed by atoms with Crippen LogP contribution in [0.1, 0.15) is 10.4 Å². The summed E-state index contributed by atoms with van der Waals surface area (Å²) in [5, 5.41) is 0.910. The summed E-state index contributed by atoms with van der Waals surface area (Å²) in [5.41, 5.74) is 1.31. The van der Waals surface area contributed by atoms with E-state index in [9.17, 15) is 4.79 Å². The molecule has 0 radical (unpaired) electrons. The van der Waals surface area contributed by atoms with Crippen LogP contribution in [-0.4, -0.2) is 18.1 Å². The van der Waals surface area contributed by atoms with Gasteiger partial charge in [-0.2, -0.15) is 0 Å². The first kappa shape index (κ1) is 10.1. The number of nitrogens with zero attached hydrogens (tertiary/aromatic N) is 1. The van der Waals surface area contributed by atoms with Gasteiger partial charge >= 0.3 is 5.97 Å². The number of ether oxygens (including phenoxy) is 1. The first-order chi connectivity index (χ1) is 7.20. The monoisotopic (exact) mass is 265 g/mol. The van der Waals surface area contributed by atoms with Gasteiger partial charge in [0.1, 0.15) is 0 Å². The van der Waals surface area contributed by atoms with Gasteiger partial charge in [-0.15, -0.1) is 0 Å². The normalized spacial score (nSPS) is 10.3. The number of aromatic nitrogens is 1. The van der Waals surface area contributed by atoms with E-state index in [1.54, 1.807) is 6.07 Å². The maximum absolute atomic E-state index is 11.3. The Kier molecular flexibility index (Phi) is 2.68. The Morgan fingerprint density at radius 2 is 2.20 bits per heavy atom. The highest BCUT2D eigenvalue weighted by Gasteiger charge is 2.06. The maximum Gasteiger partial charge on any atom is 0.339 e. The summed E-state index contributed by atoms with van der Waals surface area (Å²) in [6.07, 6.45) is 1.52. The first-order valence-corrected chi connectivity index (χ1v) is 5.13. The standard InChI is InChI=1S/C11H8BrNO2/c1-15-11(14)8-4-7-5-9(12)2-3-10(7)13-6-8/h2-6H,1H3. The van der Waals surface area contributed by atoms with Gasteiger partial charge in [0.25, 0.3) is 0 Å². The minimum absolute atomic E-state index is 0.371. The molecule has 15 heavy (non-hydrogen) atoms. The molecule has 0 amide bonds. The zero-order chi connectivity index (χ0) is 10.8. The average Bonchev–Trinajstić information content (AvgIpc) is 2.27. The molecule has 0 bridgehead atoms. The van der Waals surface area contributed by atoms with E-state index >= 15 is 0 Å². The van der Waals surface area contributed by atoms with E-state index in [-0.39, 0.29) is 5.97 Å². The number of carbonyl (C=O) groups excluding carboxylic acids is 1. The van der Waals surface area contributed by atoms with Crippen LogP contribution in [0.2, 0.25) is 0 Å². The Bertz CT molecular complexity index is 525. The summed E-state index contributed by atoms with van der Waals surface area (Å²) in [6.45, 7) is 0. The molecule has 0 aliphatic heterocycles. The Morgan fingerprint density at radius 3 is 2.93 bits per heavy atom. The average molecular weight is 266 g/mol. The third-order valence-corrected chi connectivity index (χ3v) is 2.56. The number of carbonyl (C=O) groups is 1. The molecule has 0 aliphatic rings. The molecule has 0 saturated carbocycles.